The summed E-state index contributed by atoms with van der Waals surface area (Å²) in [5.74, 6) is -1.92. The molecule has 178 valence electrons. The molecule has 0 fully saturated rings. The number of pyridine rings is 1. The van der Waals surface area contributed by atoms with Crippen LogP contribution in [0.2, 0.25) is 0 Å². The van der Waals surface area contributed by atoms with Crippen LogP contribution in [0.1, 0.15) is 15.9 Å². The molecule has 0 saturated heterocycles. The first kappa shape index (κ1) is 23.8. The third-order valence-electron chi connectivity index (χ3n) is 5.39. The second-order valence-electron chi connectivity index (χ2n) is 8.25. The molecule has 3 aromatic rings. The third-order valence-corrected chi connectivity index (χ3v) is 5.39. The Labute approximate surface area is 203 Å². The van der Waals surface area contributed by atoms with Crippen LogP contribution in [0, 0.1) is 0 Å². The molecule has 1 aromatic heterocycles. The predicted molar refractivity (Wildman–Crippen MR) is 130 cm³/mol. The molecule has 2 heterocycles. The Bertz CT molecular complexity index is 1260. The van der Waals surface area contributed by atoms with E-state index >= 15 is 0 Å². The molecule has 35 heavy (non-hydrogen) atoms. The van der Waals surface area contributed by atoms with Gasteiger partial charge in [-0.2, -0.15) is 0 Å². The van der Waals surface area contributed by atoms with Gasteiger partial charge in [-0.25, -0.2) is 9.59 Å². The number of fused-ring (bicyclic) bond motifs is 1. The number of nitrogens with zero attached hydrogens (tertiary/aromatic N) is 3. The van der Waals surface area contributed by atoms with Crippen molar-refractivity contribution in [3.05, 3.63) is 90.3 Å². The summed E-state index contributed by atoms with van der Waals surface area (Å²) in [5, 5.41) is 0. The standard InChI is InChI=1S/C27H25N3O5/c1-29(2)15-16-30(18-19-7-6-14-28-17-19)27(33)22-11-10-21(20-8-4-3-5-9-20)25-26(22)35-24(32)13-12-23(31)34-25/h3-14,17H,15-16,18H2,1-2H3/b13-12-. The van der Waals surface area contributed by atoms with Crippen LogP contribution in [-0.2, 0) is 16.1 Å². The van der Waals surface area contributed by atoms with Crippen molar-refractivity contribution in [2.24, 2.45) is 0 Å². The molecule has 1 amide bonds. The molecule has 0 radical (unpaired) electrons. The predicted octanol–water partition coefficient (Wildman–Crippen LogP) is 3.33. The lowest BCUT2D eigenvalue weighted by molar-refractivity contribution is -0.133. The number of carbonyl (C=O) groups excluding carboxylic acids is 3. The van der Waals surface area contributed by atoms with Crippen molar-refractivity contribution in [2.75, 3.05) is 27.2 Å². The van der Waals surface area contributed by atoms with Gasteiger partial charge < -0.3 is 19.3 Å². The monoisotopic (exact) mass is 471 g/mol. The van der Waals surface area contributed by atoms with Crippen molar-refractivity contribution in [1.29, 1.82) is 0 Å². The second kappa shape index (κ2) is 10.8. The van der Waals surface area contributed by atoms with Gasteiger partial charge in [0.1, 0.15) is 0 Å². The van der Waals surface area contributed by atoms with Crippen LogP contribution in [0.25, 0.3) is 11.1 Å². The van der Waals surface area contributed by atoms with Crippen molar-refractivity contribution in [3.8, 4) is 22.6 Å². The fourth-order valence-electron chi connectivity index (χ4n) is 3.64. The van der Waals surface area contributed by atoms with Gasteiger partial charge in [-0.3, -0.25) is 9.78 Å². The fourth-order valence-corrected chi connectivity index (χ4v) is 3.64. The van der Waals surface area contributed by atoms with E-state index < -0.39 is 11.9 Å². The van der Waals surface area contributed by atoms with Gasteiger partial charge in [-0.1, -0.05) is 36.4 Å². The molecule has 0 saturated carbocycles. The highest BCUT2D eigenvalue weighted by molar-refractivity contribution is 6.03. The van der Waals surface area contributed by atoms with Gasteiger partial charge in [-0.05, 0) is 43.4 Å². The van der Waals surface area contributed by atoms with Crippen molar-refractivity contribution >= 4 is 17.8 Å². The first-order valence-corrected chi connectivity index (χ1v) is 11.1. The van der Waals surface area contributed by atoms with Crippen molar-refractivity contribution in [1.82, 2.24) is 14.8 Å². The zero-order valence-corrected chi connectivity index (χ0v) is 19.5. The van der Waals surface area contributed by atoms with Crippen LogP contribution in [0.4, 0.5) is 0 Å². The Balaban J connectivity index is 1.80. The number of aromatic nitrogens is 1. The number of hydrogen-bond acceptors (Lipinski definition) is 7. The summed E-state index contributed by atoms with van der Waals surface area (Å²) >= 11 is 0. The molecule has 0 unspecified atom stereocenters. The molecular formula is C27H25N3O5. The number of carbonyl (C=O) groups is 3. The van der Waals surface area contributed by atoms with Gasteiger partial charge in [0.15, 0.2) is 11.5 Å². The topological polar surface area (TPSA) is 89.0 Å². The van der Waals surface area contributed by atoms with E-state index in [1.54, 1.807) is 29.4 Å². The minimum atomic E-state index is -0.769. The van der Waals surface area contributed by atoms with Gasteiger partial charge in [0.05, 0.1) is 5.56 Å². The molecule has 0 N–H and O–H groups in total. The summed E-state index contributed by atoms with van der Waals surface area (Å²) in [5.41, 5.74) is 2.25. The van der Waals surface area contributed by atoms with E-state index in [0.717, 1.165) is 23.3 Å². The van der Waals surface area contributed by atoms with Gasteiger partial charge >= 0.3 is 11.9 Å². The number of amides is 1. The average Bonchev–Trinajstić information content (AvgIpc) is 2.86. The SMILES string of the molecule is CN(C)CCN(Cc1cccnc1)C(=O)c1ccc(-c2ccccc2)c2c1OC(=O)/C=C\C(=O)O2. The van der Waals surface area contributed by atoms with Gasteiger partial charge in [0.2, 0.25) is 0 Å². The van der Waals surface area contributed by atoms with Crippen LogP contribution in [0.5, 0.6) is 11.5 Å². The number of likely N-dealkylation sites (N-methyl/N-ethyl adjacent to an activating group) is 1. The molecule has 1 aliphatic rings. The zero-order valence-electron chi connectivity index (χ0n) is 19.5. The van der Waals surface area contributed by atoms with E-state index in [-0.39, 0.29) is 23.0 Å². The average molecular weight is 472 g/mol. The molecule has 0 aliphatic carbocycles. The van der Waals surface area contributed by atoms with E-state index in [1.165, 1.54) is 0 Å². The van der Waals surface area contributed by atoms with E-state index in [2.05, 4.69) is 4.98 Å². The highest BCUT2D eigenvalue weighted by atomic mass is 16.6. The first-order chi connectivity index (χ1) is 16.9. The lowest BCUT2D eigenvalue weighted by atomic mass is 10.0. The first-order valence-electron chi connectivity index (χ1n) is 11.1. The van der Waals surface area contributed by atoms with E-state index in [0.29, 0.717) is 25.2 Å². The lowest BCUT2D eigenvalue weighted by Crippen LogP contribution is -2.36. The van der Waals surface area contributed by atoms with Gasteiger partial charge in [-0.15, -0.1) is 0 Å². The maximum absolute atomic E-state index is 13.8. The van der Waals surface area contributed by atoms with E-state index in [4.69, 9.17) is 9.47 Å². The second-order valence-corrected chi connectivity index (χ2v) is 8.25. The van der Waals surface area contributed by atoms with Crippen LogP contribution < -0.4 is 9.47 Å². The van der Waals surface area contributed by atoms with E-state index in [9.17, 15) is 14.4 Å². The van der Waals surface area contributed by atoms with Crippen LogP contribution in [0.3, 0.4) is 0 Å². The Kier molecular flexibility index (Phi) is 7.32. The molecule has 2 aromatic carbocycles. The largest absolute Gasteiger partial charge is 0.419 e. The summed E-state index contributed by atoms with van der Waals surface area (Å²) in [6, 6.07) is 16.2. The molecule has 0 spiro atoms. The summed E-state index contributed by atoms with van der Waals surface area (Å²) in [6.07, 6.45) is 5.35. The molecular weight excluding hydrogens is 446 g/mol. The Morgan fingerprint density at radius 1 is 0.857 bits per heavy atom. The quantitative estimate of drug-likeness (QED) is 0.386. The molecule has 8 heteroatoms. The van der Waals surface area contributed by atoms with E-state index in [1.807, 2.05) is 61.5 Å². The molecule has 8 nitrogen and oxygen atoms in total. The van der Waals surface area contributed by atoms with Crippen molar-refractivity contribution in [3.63, 3.8) is 0 Å². The van der Waals surface area contributed by atoms with Crippen LogP contribution >= 0.6 is 0 Å². The maximum atomic E-state index is 13.8. The van der Waals surface area contributed by atoms with Crippen molar-refractivity contribution < 1.29 is 23.9 Å². The maximum Gasteiger partial charge on any atom is 0.336 e. The number of rotatable bonds is 7. The minimum Gasteiger partial charge on any atom is -0.419 e. The number of hydrogen-bond donors (Lipinski definition) is 0. The highest BCUT2D eigenvalue weighted by Gasteiger charge is 2.29. The summed E-state index contributed by atoms with van der Waals surface area (Å²) in [4.78, 5) is 46.3. The van der Waals surface area contributed by atoms with Gasteiger partial charge in [0.25, 0.3) is 5.91 Å². The summed E-state index contributed by atoms with van der Waals surface area (Å²) in [6.45, 7) is 1.35. The molecule has 0 bridgehead atoms. The van der Waals surface area contributed by atoms with Gasteiger partial charge in [0, 0.05) is 49.7 Å². The Hall–Kier alpha value is -4.30. The highest BCUT2D eigenvalue weighted by Crippen LogP contribution is 2.42. The van der Waals surface area contributed by atoms with Crippen LogP contribution in [0.15, 0.2) is 79.1 Å². The number of esters is 2. The lowest BCUT2D eigenvalue weighted by Gasteiger charge is -2.26. The normalized spacial score (nSPS) is 13.8. The van der Waals surface area contributed by atoms with Crippen LogP contribution in [-0.4, -0.2) is 59.8 Å². The molecule has 1 aliphatic heterocycles. The Morgan fingerprint density at radius 3 is 2.23 bits per heavy atom. The molecule has 4 rings (SSSR count). The Morgan fingerprint density at radius 2 is 1.57 bits per heavy atom. The van der Waals surface area contributed by atoms with Crippen molar-refractivity contribution in [2.45, 2.75) is 6.54 Å². The smallest absolute Gasteiger partial charge is 0.336 e. The number of ether oxygens (including phenoxy) is 2. The number of benzene rings is 2. The third kappa shape index (κ3) is 5.80. The zero-order chi connectivity index (χ0) is 24.8. The summed E-state index contributed by atoms with van der Waals surface area (Å²) < 4.78 is 11.1. The minimum absolute atomic E-state index is 0.0266. The summed E-state index contributed by atoms with van der Waals surface area (Å²) in [7, 11) is 3.84. The molecule has 0 atom stereocenters. The fraction of sp³-hybridized carbons (Fsp3) is 0.185.